The van der Waals surface area contributed by atoms with Crippen LogP contribution in [0.2, 0.25) is 0 Å². The number of aliphatic hydroxyl groups is 2. The highest BCUT2D eigenvalue weighted by molar-refractivity contribution is 5.88. The Hall–Kier alpha value is -4.08. The van der Waals surface area contributed by atoms with Crippen LogP contribution in [0.4, 0.5) is 5.82 Å². The maximum Gasteiger partial charge on any atom is 0.263 e. The van der Waals surface area contributed by atoms with Crippen molar-refractivity contribution in [2.75, 3.05) is 5.73 Å². The molecule has 0 radical (unpaired) electrons. The lowest BCUT2D eigenvalue weighted by molar-refractivity contribution is -0.0451. The number of aromatic nitrogens is 5. The molecule has 5 rings (SSSR count). The van der Waals surface area contributed by atoms with Gasteiger partial charge in [-0.25, -0.2) is 14.6 Å². The Morgan fingerprint density at radius 1 is 1.00 bits per heavy atom. The second kappa shape index (κ2) is 7.80. The zero-order valence-corrected chi connectivity index (χ0v) is 18.1. The summed E-state index contributed by atoms with van der Waals surface area (Å²) in [4.78, 5) is 22.0. The van der Waals surface area contributed by atoms with Gasteiger partial charge in [0.2, 0.25) is 0 Å². The largest absolute Gasteiger partial charge is 0.383 e. The van der Waals surface area contributed by atoms with Gasteiger partial charge in [-0.3, -0.25) is 9.36 Å². The van der Waals surface area contributed by atoms with Crippen molar-refractivity contribution in [3.8, 4) is 5.69 Å². The summed E-state index contributed by atoms with van der Waals surface area (Å²) < 4.78 is 3.19. The Morgan fingerprint density at radius 3 is 2.52 bits per heavy atom. The summed E-state index contributed by atoms with van der Waals surface area (Å²) in [6.07, 6.45) is -0.554. The summed E-state index contributed by atoms with van der Waals surface area (Å²) in [7, 11) is 0. The predicted molar refractivity (Wildman–Crippen MR) is 125 cm³/mol. The van der Waals surface area contributed by atoms with Gasteiger partial charge in [-0.2, -0.15) is 5.10 Å². The first-order valence-corrected chi connectivity index (χ1v) is 10.4. The fraction of sp³-hybridized carbons (Fsp3) is 0.167. The van der Waals surface area contributed by atoms with E-state index in [4.69, 9.17) is 5.73 Å². The highest BCUT2D eigenvalue weighted by atomic mass is 16.5. The van der Waals surface area contributed by atoms with Gasteiger partial charge in [0, 0.05) is 5.69 Å². The number of hydrogen-bond donors (Lipinski definition) is 3. The number of rotatable bonds is 4. The molecule has 0 saturated heterocycles. The van der Waals surface area contributed by atoms with Crippen molar-refractivity contribution in [1.29, 1.82) is 0 Å². The van der Waals surface area contributed by atoms with Crippen LogP contribution in [0.5, 0.6) is 0 Å². The maximum absolute atomic E-state index is 13.8. The Kier molecular flexibility index (Phi) is 4.92. The minimum absolute atomic E-state index is 0.0375. The summed E-state index contributed by atoms with van der Waals surface area (Å²) in [6.45, 7) is 4.01. The van der Waals surface area contributed by atoms with Crippen LogP contribution < -0.4 is 11.3 Å². The van der Waals surface area contributed by atoms with Gasteiger partial charge < -0.3 is 15.9 Å². The molecule has 0 aliphatic carbocycles. The van der Waals surface area contributed by atoms with Gasteiger partial charge in [-0.15, -0.1) is 0 Å². The first kappa shape index (κ1) is 20.8. The number of para-hydroxylation sites is 1. The van der Waals surface area contributed by atoms with E-state index in [2.05, 4.69) is 15.1 Å². The van der Waals surface area contributed by atoms with Gasteiger partial charge in [-0.1, -0.05) is 36.4 Å². The van der Waals surface area contributed by atoms with Crippen LogP contribution >= 0.6 is 0 Å². The first-order valence-electron chi connectivity index (χ1n) is 10.4. The molecule has 33 heavy (non-hydrogen) atoms. The lowest BCUT2D eigenvalue weighted by Gasteiger charge is -2.17. The molecule has 0 aliphatic heterocycles. The average molecular weight is 442 g/mol. The van der Waals surface area contributed by atoms with Crippen molar-refractivity contribution >= 4 is 27.6 Å². The second-order valence-electron chi connectivity index (χ2n) is 7.98. The number of pyridine rings is 1. The SMILES string of the molecule is Cc1ccccc1-n1c(Cn2nc(C(O)O)c3c(N)ncnc32)cc2cccc(C)c2c1=O. The molecule has 0 bridgehead atoms. The smallest absolute Gasteiger partial charge is 0.263 e. The van der Waals surface area contributed by atoms with Gasteiger partial charge in [0.25, 0.3) is 5.56 Å². The molecule has 0 aliphatic rings. The van der Waals surface area contributed by atoms with E-state index in [1.165, 1.54) is 11.0 Å². The molecule has 0 unspecified atom stereocenters. The molecule has 0 saturated carbocycles. The van der Waals surface area contributed by atoms with Gasteiger partial charge >= 0.3 is 0 Å². The van der Waals surface area contributed by atoms with Crippen LogP contribution in [-0.4, -0.2) is 34.5 Å². The zero-order chi connectivity index (χ0) is 23.3. The van der Waals surface area contributed by atoms with Gasteiger partial charge in [0.15, 0.2) is 11.9 Å². The molecule has 2 aromatic carbocycles. The third-order valence-electron chi connectivity index (χ3n) is 5.83. The summed E-state index contributed by atoms with van der Waals surface area (Å²) in [5.74, 6) is 0.0970. The molecule has 0 atom stereocenters. The number of aliphatic hydroxyl groups excluding tert-OH is 1. The highest BCUT2D eigenvalue weighted by Crippen LogP contribution is 2.27. The van der Waals surface area contributed by atoms with E-state index >= 15 is 0 Å². The third kappa shape index (κ3) is 3.34. The topological polar surface area (TPSA) is 132 Å². The van der Waals surface area contributed by atoms with Gasteiger partial charge in [0.05, 0.1) is 23.0 Å². The van der Waals surface area contributed by atoms with Crippen LogP contribution in [0.3, 0.4) is 0 Å². The van der Waals surface area contributed by atoms with Crippen molar-refractivity contribution in [3.05, 3.63) is 87.7 Å². The minimum atomic E-state index is -1.85. The number of nitrogens with zero attached hydrogens (tertiary/aromatic N) is 5. The second-order valence-corrected chi connectivity index (χ2v) is 7.98. The molecule has 5 aromatic rings. The number of nitrogen functional groups attached to an aromatic ring is 1. The van der Waals surface area contributed by atoms with Gasteiger partial charge in [-0.05, 0) is 42.5 Å². The molecule has 9 heteroatoms. The molecule has 0 spiro atoms. The molecule has 3 aromatic heterocycles. The predicted octanol–water partition coefficient (Wildman–Crippen LogP) is 2.36. The third-order valence-corrected chi connectivity index (χ3v) is 5.83. The van der Waals surface area contributed by atoms with E-state index in [9.17, 15) is 15.0 Å². The highest BCUT2D eigenvalue weighted by Gasteiger charge is 2.22. The van der Waals surface area contributed by atoms with Crippen LogP contribution in [0, 0.1) is 13.8 Å². The molecule has 9 nitrogen and oxygen atoms in total. The number of fused-ring (bicyclic) bond motifs is 2. The number of aryl methyl sites for hydroxylation is 2. The van der Waals surface area contributed by atoms with Crippen LogP contribution in [0.1, 0.15) is 28.8 Å². The molecule has 4 N–H and O–H groups in total. The maximum atomic E-state index is 13.8. The standard InChI is InChI=1S/C24H22N6O3/c1-13-6-3-4-9-17(13)30-16(10-15-8-5-7-14(2)18(15)23(30)31)11-29-22-19(20(28-29)24(32)33)21(25)26-12-27-22/h3-10,12,24,32-33H,11H2,1-2H3,(H2,25,26,27). The molecular formula is C24H22N6O3. The number of hydrogen-bond acceptors (Lipinski definition) is 7. The lowest BCUT2D eigenvalue weighted by Crippen LogP contribution is -2.25. The minimum Gasteiger partial charge on any atom is -0.383 e. The van der Waals surface area contributed by atoms with Crippen LogP contribution in [0.25, 0.3) is 27.5 Å². The number of anilines is 1. The summed E-state index contributed by atoms with van der Waals surface area (Å²) in [5.41, 5.74) is 9.40. The summed E-state index contributed by atoms with van der Waals surface area (Å²) in [6, 6.07) is 15.3. The van der Waals surface area contributed by atoms with E-state index in [0.717, 1.165) is 22.2 Å². The monoisotopic (exact) mass is 442 g/mol. The van der Waals surface area contributed by atoms with Crippen LogP contribution in [-0.2, 0) is 6.54 Å². The summed E-state index contributed by atoms with van der Waals surface area (Å²) in [5, 5.41) is 25.7. The fourth-order valence-electron chi connectivity index (χ4n) is 4.29. The zero-order valence-electron chi connectivity index (χ0n) is 18.1. The van der Waals surface area contributed by atoms with Crippen molar-refractivity contribution < 1.29 is 10.2 Å². The van der Waals surface area contributed by atoms with Crippen molar-refractivity contribution in [1.82, 2.24) is 24.3 Å². The van der Waals surface area contributed by atoms with E-state index in [-0.39, 0.29) is 29.0 Å². The molecular weight excluding hydrogens is 420 g/mol. The van der Waals surface area contributed by atoms with Crippen molar-refractivity contribution in [3.63, 3.8) is 0 Å². The van der Waals surface area contributed by atoms with Crippen molar-refractivity contribution in [2.24, 2.45) is 0 Å². The van der Waals surface area contributed by atoms with E-state index < -0.39 is 6.29 Å². The van der Waals surface area contributed by atoms with Crippen molar-refractivity contribution in [2.45, 2.75) is 26.7 Å². The Labute approximate surface area is 188 Å². The molecule has 0 fully saturated rings. The van der Waals surface area contributed by atoms with Crippen LogP contribution in [0.15, 0.2) is 59.7 Å². The number of nitrogens with two attached hydrogens (primary N) is 1. The average Bonchev–Trinajstić information content (AvgIpc) is 3.15. The first-order chi connectivity index (χ1) is 15.9. The normalized spacial score (nSPS) is 11.7. The van der Waals surface area contributed by atoms with E-state index in [0.29, 0.717) is 16.7 Å². The Balaban J connectivity index is 1.81. The molecule has 166 valence electrons. The molecule has 3 heterocycles. The van der Waals surface area contributed by atoms with E-state index in [1.807, 2.05) is 62.4 Å². The summed E-state index contributed by atoms with van der Waals surface area (Å²) >= 11 is 0. The number of benzene rings is 2. The van der Waals surface area contributed by atoms with E-state index in [1.54, 1.807) is 4.57 Å². The van der Waals surface area contributed by atoms with Gasteiger partial charge in [0.1, 0.15) is 17.8 Å². The lowest BCUT2D eigenvalue weighted by atomic mass is 10.1. The molecule has 0 amide bonds. The quantitative estimate of drug-likeness (QED) is 0.364. The Morgan fingerprint density at radius 2 is 1.76 bits per heavy atom. The fourth-order valence-corrected chi connectivity index (χ4v) is 4.29. The Bertz CT molecular complexity index is 1590.